The summed E-state index contributed by atoms with van der Waals surface area (Å²) in [5.74, 6) is 1.25. The predicted molar refractivity (Wildman–Crippen MR) is 87.1 cm³/mol. The van der Waals surface area contributed by atoms with Gasteiger partial charge in [-0.25, -0.2) is 17.8 Å². The zero-order valence-corrected chi connectivity index (χ0v) is 14.0. The molecule has 0 bridgehead atoms. The molecule has 124 valence electrons. The van der Waals surface area contributed by atoms with Crippen molar-refractivity contribution in [1.29, 1.82) is 0 Å². The molecule has 9 heteroatoms. The Labute approximate surface area is 135 Å². The van der Waals surface area contributed by atoms with E-state index < -0.39 is 10.0 Å². The molecule has 0 radical (unpaired) electrons. The number of rotatable bonds is 7. The van der Waals surface area contributed by atoms with Crippen LogP contribution in [0.1, 0.15) is 24.2 Å². The lowest BCUT2D eigenvalue weighted by molar-refractivity contribution is 0.581. The van der Waals surface area contributed by atoms with Crippen LogP contribution in [0.25, 0.3) is 5.82 Å². The molecule has 1 aliphatic carbocycles. The quantitative estimate of drug-likeness (QED) is 0.724. The molecular weight excluding hydrogens is 316 g/mol. The number of aromatic nitrogens is 4. The normalized spacial score (nSPS) is 14.9. The zero-order chi connectivity index (χ0) is 16.4. The minimum Gasteiger partial charge on any atom is -0.367 e. The van der Waals surface area contributed by atoms with E-state index in [4.69, 9.17) is 0 Å². The van der Waals surface area contributed by atoms with Crippen LogP contribution in [0.15, 0.2) is 18.2 Å². The molecule has 0 spiro atoms. The third kappa shape index (κ3) is 3.85. The summed E-state index contributed by atoms with van der Waals surface area (Å²) in [6.45, 7) is 4.68. The summed E-state index contributed by atoms with van der Waals surface area (Å²) in [5, 5.41) is 15.4. The van der Waals surface area contributed by atoms with Crippen LogP contribution in [0.5, 0.6) is 0 Å². The molecule has 2 aromatic heterocycles. The number of hydrogen-bond acceptors (Lipinski definition) is 6. The Morgan fingerprint density at radius 2 is 2.00 bits per heavy atom. The molecule has 1 fully saturated rings. The van der Waals surface area contributed by atoms with Crippen LogP contribution >= 0.6 is 0 Å². The first kappa shape index (κ1) is 15.9. The van der Waals surface area contributed by atoms with Gasteiger partial charge in [-0.05, 0) is 44.9 Å². The lowest BCUT2D eigenvalue weighted by Gasteiger charge is -2.08. The standard InChI is InChI=1S/C14H20N6O2S/c1-10-9-11(2)20(19-10)14-6-5-13(17-18-14)15-7-8-16-23(21,22)12-3-4-12/h5-6,9,12,16H,3-4,7-8H2,1-2H3,(H,15,17). The molecule has 8 nitrogen and oxygen atoms in total. The second kappa shape index (κ2) is 6.25. The largest absolute Gasteiger partial charge is 0.367 e. The van der Waals surface area contributed by atoms with Crippen LogP contribution < -0.4 is 10.0 Å². The molecule has 1 saturated carbocycles. The Balaban J connectivity index is 1.52. The van der Waals surface area contributed by atoms with Crippen molar-refractivity contribution in [2.45, 2.75) is 31.9 Å². The fourth-order valence-electron chi connectivity index (χ4n) is 2.27. The molecule has 0 amide bonds. The Morgan fingerprint density at radius 3 is 2.57 bits per heavy atom. The minimum atomic E-state index is -3.12. The highest BCUT2D eigenvalue weighted by molar-refractivity contribution is 7.90. The van der Waals surface area contributed by atoms with E-state index in [0.29, 0.717) is 24.7 Å². The van der Waals surface area contributed by atoms with Crippen LogP contribution in [-0.2, 0) is 10.0 Å². The minimum absolute atomic E-state index is 0.192. The molecule has 1 aliphatic rings. The second-order valence-electron chi connectivity index (χ2n) is 5.68. The summed E-state index contributed by atoms with van der Waals surface area (Å²) in [5.41, 5.74) is 1.92. The highest BCUT2D eigenvalue weighted by Crippen LogP contribution is 2.27. The van der Waals surface area contributed by atoms with Gasteiger partial charge in [0, 0.05) is 18.8 Å². The molecular formula is C14H20N6O2S. The Hall–Kier alpha value is -2.00. The first-order valence-electron chi connectivity index (χ1n) is 7.55. The third-order valence-corrected chi connectivity index (χ3v) is 5.53. The number of sulfonamides is 1. The van der Waals surface area contributed by atoms with Gasteiger partial charge < -0.3 is 5.32 Å². The highest BCUT2D eigenvalue weighted by atomic mass is 32.2. The van der Waals surface area contributed by atoms with E-state index in [1.807, 2.05) is 26.0 Å². The number of nitrogens with one attached hydrogen (secondary N) is 2. The number of nitrogens with zero attached hydrogens (tertiary/aromatic N) is 4. The first-order valence-corrected chi connectivity index (χ1v) is 9.10. The zero-order valence-electron chi connectivity index (χ0n) is 13.2. The van der Waals surface area contributed by atoms with Gasteiger partial charge in [-0.2, -0.15) is 5.10 Å². The summed E-state index contributed by atoms with van der Waals surface area (Å²) < 4.78 is 27.6. The van der Waals surface area contributed by atoms with Gasteiger partial charge in [-0.15, -0.1) is 10.2 Å². The first-order chi connectivity index (χ1) is 11.0. The molecule has 2 heterocycles. The van der Waals surface area contributed by atoms with Gasteiger partial charge >= 0.3 is 0 Å². The van der Waals surface area contributed by atoms with Gasteiger partial charge in [-0.1, -0.05) is 0 Å². The van der Waals surface area contributed by atoms with Gasteiger partial charge in [0.25, 0.3) is 0 Å². The highest BCUT2D eigenvalue weighted by Gasteiger charge is 2.35. The van der Waals surface area contributed by atoms with Crippen LogP contribution in [0.3, 0.4) is 0 Å². The van der Waals surface area contributed by atoms with Crippen molar-refractivity contribution >= 4 is 15.8 Å². The summed E-state index contributed by atoms with van der Waals surface area (Å²) in [6.07, 6.45) is 1.53. The molecule has 0 unspecified atom stereocenters. The van der Waals surface area contributed by atoms with Crippen LogP contribution in [0.2, 0.25) is 0 Å². The molecule has 2 aromatic rings. The summed E-state index contributed by atoms with van der Waals surface area (Å²) in [6, 6.07) is 5.59. The van der Waals surface area contributed by atoms with Gasteiger partial charge in [0.15, 0.2) is 5.82 Å². The summed E-state index contributed by atoms with van der Waals surface area (Å²) in [7, 11) is -3.12. The van der Waals surface area contributed by atoms with Crippen molar-refractivity contribution < 1.29 is 8.42 Å². The topological polar surface area (TPSA) is 102 Å². The van der Waals surface area contributed by atoms with E-state index in [-0.39, 0.29) is 5.25 Å². The van der Waals surface area contributed by atoms with Gasteiger partial charge in [0.1, 0.15) is 5.82 Å². The Morgan fingerprint density at radius 1 is 1.22 bits per heavy atom. The van der Waals surface area contributed by atoms with Crippen molar-refractivity contribution in [3.05, 3.63) is 29.6 Å². The van der Waals surface area contributed by atoms with E-state index in [0.717, 1.165) is 24.2 Å². The number of anilines is 1. The SMILES string of the molecule is Cc1cc(C)n(-c2ccc(NCCNS(=O)(=O)C3CC3)nn2)n1. The maximum Gasteiger partial charge on any atom is 0.214 e. The maximum atomic E-state index is 11.7. The van der Waals surface area contributed by atoms with Crippen molar-refractivity contribution in [2.75, 3.05) is 18.4 Å². The van der Waals surface area contributed by atoms with Crippen molar-refractivity contribution in [3.63, 3.8) is 0 Å². The number of hydrogen-bond donors (Lipinski definition) is 2. The third-order valence-electron chi connectivity index (χ3n) is 3.57. The fraction of sp³-hybridized carbons (Fsp3) is 0.500. The van der Waals surface area contributed by atoms with Crippen molar-refractivity contribution in [1.82, 2.24) is 24.7 Å². The lowest BCUT2D eigenvalue weighted by atomic mass is 10.4. The Bertz CT molecular complexity index is 780. The van der Waals surface area contributed by atoms with E-state index in [1.165, 1.54) is 0 Å². The van der Waals surface area contributed by atoms with Gasteiger partial charge in [0.2, 0.25) is 10.0 Å². The van der Waals surface area contributed by atoms with E-state index >= 15 is 0 Å². The van der Waals surface area contributed by atoms with E-state index in [9.17, 15) is 8.42 Å². The van der Waals surface area contributed by atoms with E-state index in [1.54, 1.807) is 10.7 Å². The van der Waals surface area contributed by atoms with Crippen LogP contribution in [0, 0.1) is 13.8 Å². The van der Waals surface area contributed by atoms with Crippen molar-refractivity contribution in [2.24, 2.45) is 0 Å². The second-order valence-corrected chi connectivity index (χ2v) is 7.73. The van der Waals surface area contributed by atoms with E-state index in [2.05, 4.69) is 25.3 Å². The fourth-order valence-corrected chi connectivity index (χ4v) is 3.65. The molecule has 2 N–H and O–H groups in total. The molecule has 0 aromatic carbocycles. The molecule has 0 aliphatic heterocycles. The lowest BCUT2D eigenvalue weighted by Crippen LogP contribution is -2.31. The molecule has 23 heavy (non-hydrogen) atoms. The smallest absolute Gasteiger partial charge is 0.214 e. The molecule has 0 atom stereocenters. The monoisotopic (exact) mass is 336 g/mol. The average molecular weight is 336 g/mol. The summed E-state index contributed by atoms with van der Waals surface area (Å²) in [4.78, 5) is 0. The van der Waals surface area contributed by atoms with Crippen LogP contribution in [0.4, 0.5) is 5.82 Å². The summed E-state index contributed by atoms with van der Waals surface area (Å²) >= 11 is 0. The molecule has 0 saturated heterocycles. The van der Waals surface area contributed by atoms with Gasteiger partial charge in [-0.3, -0.25) is 0 Å². The molecule has 3 rings (SSSR count). The van der Waals surface area contributed by atoms with Crippen LogP contribution in [-0.4, -0.2) is 46.7 Å². The predicted octanol–water partition coefficient (Wildman–Crippen LogP) is 0.773. The number of aryl methyl sites for hydroxylation is 2. The Kier molecular flexibility index (Phi) is 4.31. The maximum absolute atomic E-state index is 11.7. The van der Waals surface area contributed by atoms with Crippen molar-refractivity contribution in [3.8, 4) is 5.82 Å². The van der Waals surface area contributed by atoms with Gasteiger partial charge in [0.05, 0.1) is 10.9 Å². The average Bonchev–Trinajstić information content (AvgIpc) is 3.31.